The third-order valence-electron chi connectivity index (χ3n) is 4.37. The molecule has 3 nitrogen and oxygen atoms in total. The van der Waals surface area contributed by atoms with Gasteiger partial charge in [-0.3, -0.25) is 0 Å². The molecule has 20 heavy (non-hydrogen) atoms. The largest absolute Gasteiger partial charge is 0.372 e. The first kappa shape index (κ1) is 16.0. The first-order valence-electron chi connectivity index (χ1n) is 7.71. The molecule has 2 rings (SSSR count). The van der Waals surface area contributed by atoms with Gasteiger partial charge >= 0.3 is 0 Å². The zero-order valence-electron chi connectivity index (χ0n) is 13.1. The highest BCUT2D eigenvalue weighted by Crippen LogP contribution is 2.41. The van der Waals surface area contributed by atoms with Gasteiger partial charge in [-0.25, -0.2) is 9.97 Å². The van der Waals surface area contributed by atoms with Crippen molar-refractivity contribution in [3.05, 3.63) is 15.1 Å². The summed E-state index contributed by atoms with van der Waals surface area (Å²) in [5, 5.41) is 3.23. The van der Waals surface area contributed by atoms with Crippen molar-refractivity contribution in [3.8, 4) is 0 Å². The van der Waals surface area contributed by atoms with Gasteiger partial charge in [-0.15, -0.1) is 0 Å². The Balaban J connectivity index is 2.25. The Bertz CT molecular complexity index is 461. The second-order valence-corrected chi connectivity index (χ2v) is 7.71. The quantitative estimate of drug-likeness (QED) is 0.757. The maximum Gasteiger partial charge on any atom is 0.143 e. The van der Waals surface area contributed by atoms with Crippen molar-refractivity contribution < 1.29 is 0 Å². The summed E-state index contributed by atoms with van der Waals surface area (Å²) in [4.78, 5) is 9.66. The van der Waals surface area contributed by atoms with Crippen LogP contribution < -0.4 is 5.32 Å². The van der Waals surface area contributed by atoms with Crippen molar-refractivity contribution in [2.75, 3.05) is 12.4 Å². The lowest BCUT2D eigenvalue weighted by Crippen LogP contribution is -2.22. The first-order chi connectivity index (χ1) is 9.46. The predicted molar refractivity (Wildman–Crippen MR) is 93.3 cm³/mol. The van der Waals surface area contributed by atoms with Gasteiger partial charge in [-0.05, 0) is 60.1 Å². The highest BCUT2D eigenvalue weighted by molar-refractivity contribution is 14.1. The number of nitrogens with one attached hydrogen (secondary N) is 1. The van der Waals surface area contributed by atoms with Crippen LogP contribution in [0.3, 0.4) is 0 Å². The van der Waals surface area contributed by atoms with Crippen molar-refractivity contribution in [3.63, 3.8) is 0 Å². The fraction of sp³-hybridized carbons (Fsp3) is 0.750. The van der Waals surface area contributed by atoms with E-state index in [4.69, 9.17) is 9.97 Å². The zero-order valence-corrected chi connectivity index (χ0v) is 15.2. The molecule has 1 heterocycles. The minimum absolute atomic E-state index is 0.498. The van der Waals surface area contributed by atoms with Gasteiger partial charge in [0.15, 0.2) is 0 Å². The summed E-state index contributed by atoms with van der Waals surface area (Å²) in [6.45, 7) is 6.96. The summed E-state index contributed by atoms with van der Waals surface area (Å²) in [7, 11) is 1.95. The molecule has 0 saturated heterocycles. The average Bonchev–Trinajstić information content (AvgIpc) is 2.41. The molecule has 1 aromatic rings. The number of rotatable bonds is 4. The average molecular weight is 387 g/mol. The normalized spacial score (nSPS) is 19.1. The molecule has 1 aliphatic carbocycles. The van der Waals surface area contributed by atoms with Crippen LogP contribution in [-0.4, -0.2) is 17.0 Å². The molecule has 0 amide bonds. The van der Waals surface area contributed by atoms with Crippen molar-refractivity contribution >= 4 is 28.4 Å². The summed E-state index contributed by atoms with van der Waals surface area (Å²) in [6.07, 6.45) is 7.19. The van der Waals surface area contributed by atoms with Crippen LogP contribution in [0.1, 0.15) is 70.3 Å². The summed E-state index contributed by atoms with van der Waals surface area (Å²) in [5.74, 6) is 2.61. The number of aromatic nitrogens is 2. The van der Waals surface area contributed by atoms with Crippen LogP contribution in [-0.2, 0) is 6.42 Å². The molecular formula is C16H26IN3. The van der Waals surface area contributed by atoms with Gasteiger partial charge in [-0.1, -0.05) is 27.2 Å². The van der Waals surface area contributed by atoms with E-state index in [1.54, 1.807) is 0 Å². The second-order valence-electron chi connectivity index (χ2n) is 6.63. The first-order valence-corrected chi connectivity index (χ1v) is 8.79. The fourth-order valence-corrected chi connectivity index (χ4v) is 3.70. The third kappa shape index (κ3) is 3.62. The van der Waals surface area contributed by atoms with E-state index in [1.807, 2.05) is 7.05 Å². The Kier molecular flexibility index (Phi) is 5.26. The highest BCUT2D eigenvalue weighted by atomic mass is 127. The third-order valence-corrected chi connectivity index (χ3v) is 5.50. The molecule has 0 unspecified atom stereocenters. The van der Waals surface area contributed by atoms with Crippen LogP contribution >= 0.6 is 22.6 Å². The maximum atomic E-state index is 4.88. The highest BCUT2D eigenvalue weighted by Gasteiger charge is 2.29. The molecule has 1 N–H and O–H groups in total. The number of nitrogens with zero attached hydrogens (tertiary/aromatic N) is 2. The van der Waals surface area contributed by atoms with E-state index in [1.165, 1.54) is 34.9 Å². The van der Waals surface area contributed by atoms with E-state index in [0.29, 0.717) is 11.3 Å². The van der Waals surface area contributed by atoms with E-state index in [0.717, 1.165) is 24.5 Å². The van der Waals surface area contributed by atoms with Crippen LogP contribution in [0.2, 0.25) is 0 Å². The molecule has 1 saturated carbocycles. The van der Waals surface area contributed by atoms with Crippen LogP contribution in [0.25, 0.3) is 0 Å². The number of hydrogen-bond donors (Lipinski definition) is 1. The Labute approximate surface area is 136 Å². The van der Waals surface area contributed by atoms with Crippen LogP contribution in [0.5, 0.6) is 0 Å². The van der Waals surface area contributed by atoms with E-state index < -0.39 is 0 Å². The van der Waals surface area contributed by atoms with E-state index in [2.05, 4.69) is 48.7 Å². The monoisotopic (exact) mass is 387 g/mol. The Hall–Kier alpha value is -0.390. The minimum atomic E-state index is 0.498. The van der Waals surface area contributed by atoms with E-state index >= 15 is 0 Å². The smallest absolute Gasteiger partial charge is 0.143 e. The van der Waals surface area contributed by atoms with Crippen molar-refractivity contribution in [1.82, 2.24) is 9.97 Å². The SMILES string of the molecule is CCCc1nc(C2CCC(C)(C)CC2)nc(NC)c1I. The summed E-state index contributed by atoms with van der Waals surface area (Å²) in [5.41, 5.74) is 1.71. The van der Waals surface area contributed by atoms with Crippen LogP contribution in [0, 0.1) is 8.99 Å². The van der Waals surface area contributed by atoms with Gasteiger partial charge in [0.1, 0.15) is 11.6 Å². The maximum absolute atomic E-state index is 4.88. The van der Waals surface area contributed by atoms with Gasteiger partial charge in [-0.2, -0.15) is 0 Å². The lowest BCUT2D eigenvalue weighted by Gasteiger charge is -2.33. The molecular weight excluding hydrogens is 361 g/mol. The summed E-state index contributed by atoms with van der Waals surface area (Å²) >= 11 is 2.37. The van der Waals surface area contributed by atoms with E-state index in [-0.39, 0.29) is 0 Å². The second kappa shape index (κ2) is 6.58. The molecule has 1 aliphatic rings. The lowest BCUT2D eigenvalue weighted by molar-refractivity contribution is 0.220. The number of anilines is 1. The van der Waals surface area contributed by atoms with Crippen molar-refractivity contribution in [2.24, 2.45) is 5.41 Å². The number of aryl methyl sites for hydroxylation is 1. The molecule has 1 aromatic heterocycles. The molecule has 0 radical (unpaired) electrons. The predicted octanol–water partition coefficient (Wildman–Crippen LogP) is 4.76. The molecule has 4 heteroatoms. The van der Waals surface area contributed by atoms with Crippen LogP contribution in [0.15, 0.2) is 0 Å². The van der Waals surface area contributed by atoms with Gasteiger partial charge in [0, 0.05) is 13.0 Å². The molecule has 0 aromatic carbocycles. The van der Waals surface area contributed by atoms with Crippen molar-refractivity contribution in [1.29, 1.82) is 0 Å². The standard InChI is InChI=1S/C16H26IN3/c1-5-6-12-13(17)15(18-4)20-14(19-12)11-7-9-16(2,3)10-8-11/h11H,5-10H2,1-4H3,(H,18,19,20). The van der Waals surface area contributed by atoms with Gasteiger partial charge in [0.05, 0.1) is 9.26 Å². The lowest BCUT2D eigenvalue weighted by atomic mass is 9.73. The topological polar surface area (TPSA) is 37.8 Å². The molecule has 0 spiro atoms. The molecule has 0 aliphatic heterocycles. The van der Waals surface area contributed by atoms with Crippen LogP contribution in [0.4, 0.5) is 5.82 Å². The van der Waals surface area contributed by atoms with E-state index in [9.17, 15) is 0 Å². The molecule has 112 valence electrons. The number of hydrogen-bond acceptors (Lipinski definition) is 3. The fourth-order valence-electron chi connectivity index (χ4n) is 2.92. The number of halogens is 1. The van der Waals surface area contributed by atoms with Crippen molar-refractivity contribution in [2.45, 2.75) is 65.2 Å². The summed E-state index contributed by atoms with van der Waals surface area (Å²) < 4.78 is 1.19. The molecule has 0 bridgehead atoms. The zero-order chi connectivity index (χ0) is 14.8. The van der Waals surface area contributed by atoms with Gasteiger partial charge in [0.2, 0.25) is 0 Å². The summed E-state index contributed by atoms with van der Waals surface area (Å²) in [6, 6.07) is 0. The minimum Gasteiger partial charge on any atom is -0.372 e. The Morgan fingerprint density at radius 1 is 1.25 bits per heavy atom. The van der Waals surface area contributed by atoms with Gasteiger partial charge < -0.3 is 5.32 Å². The van der Waals surface area contributed by atoms with Gasteiger partial charge in [0.25, 0.3) is 0 Å². The Morgan fingerprint density at radius 2 is 1.90 bits per heavy atom. The Morgan fingerprint density at radius 3 is 2.45 bits per heavy atom. The molecule has 1 fully saturated rings. The molecule has 0 atom stereocenters.